The van der Waals surface area contributed by atoms with E-state index in [0.29, 0.717) is 0 Å². The highest BCUT2D eigenvalue weighted by atomic mass is 15.4. The molecule has 0 bridgehead atoms. The molecule has 1 heterocycles. The first-order chi connectivity index (χ1) is 6.72. The summed E-state index contributed by atoms with van der Waals surface area (Å²) >= 11 is 0. The molecule has 1 aromatic heterocycles. The molecule has 0 saturated heterocycles. The SMILES string of the molecule is C/C=C\c1c(C)ccc2nn(C)nc12. The van der Waals surface area contributed by atoms with Crippen molar-refractivity contribution in [3.8, 4) is 0 Å². The van der Waals surface area contributed by atoms with Crippen LogP contribution in [0.5, 0.6) is 0 Å². The Labute approximate surface area is 83.0 Å². The van der Waals surface area contributed by atoms with Gasteiger partial charge in [-0.05, 0) is 25.5 Å². The Hall–Kier alpha value is -1.64. The molecule has 3 nitrogen and oxygen atoms in total. The molecule has 0 aliphatic heterocycles. The molecule has 3 heteroatoms. The standard InChI is InChI=1S/C11H13N3/c1-4-5-9-8(2)6-7-10-11(9)13-14(3)12-10/h4-7H,1-3H3/b5-4-. The number of fused-ring (bicyclic) bond motifs is 1. The summed E-state index contributed by atoms with van der Waals surface area (Å²) in [7, 11) is 1.84. The average molecular weight is 187 g/mol. The Morgan fingerprint density at radius 2 is 2.07 bits per heavy atom. The van der Waals surface area contributed by atoms with Crippen LogP contribution in [-0.4, -0.2) is 15.0 Å². The highest BCUT2D eigenvalue weighted by molar-refractivity contribution is 5.85. The summed E-state index contributed by atoms with van der Waals surface area (Å²) in [6.45, 7) is 4.10. The Morgan fingerprint density at radius 1 is 1.29 bits per heavy atom. The summed E-state index contributed by atoms with van der Waals surface area (Å²) in [5.74, 6) is 0. The number of nitrogens with zero attached hydrogens (tertiary/aromatic N) is 3. The zero-order chi connectivity index (χ0) is 10.1. The fourth-order valence-corrected chi connectivity index (χ4v) is 1.58. The lowest BCUT2D eigenvalue weighted by Gasteiger charge is -1.98. The van der Waals surface area contributed by atoms with E-state index in [2.05, 4.69) is 29.3 Å². The van der Waals surface area contributed by atoms with Crippen molar-refractivity contribution in [2.75, 3.05) is 0 Å². The van der Waals surface area contributed by atoms with Crippen molar-refractivity contribution < 1.29 is 0 Å². The van der Waals surface area contributed by atoms with Crippen LogP contribution in [0.1, 0.15) is 18.1 Å². The van der Waals surface area contributed by atoms with Gasteiger partial charge in [-0.15, -0.1) is 0 Å². The molecule has 0 atom stereocenters. The zero-order valence-electron chi connectivity index (χ0n) is 8.65. The van der Waals surface area contributed by atoms with Crippen molar-refractivity contribution in [2.45, 2.75) is 13.8 Å². The van der Waals surface area contributed by atoms with Crippen molar-refractivity contribution in [1.82, 2.24) is 15.0 Å². The molecule has 2 rings (SSSR count). The minimum atomic E-state index is 0.950. The second kappa shape index (κ2) is 3.25. The molecule has 2 aromatic rings. The minimum absolute atomic E-state index is 0.950. The van der Waals surface area contributed by atoms with E-state index in [1.54, 1.807) is 4.80 Å². The molecule has 0 unspecified atom stereocenters. The van der Waals surface area contributed by atoms with Gasteiger partial charge in [0.2, 0.25) is 0 Å². The molecule has 0 fully saturated rings. The fourth-order valence-electron chi connectivity index (χ4n) is 1.58. The Balaban J connectivity index is 2.81. The number of hydrogen-bond acceptors (Lipinski definition) is 2. The van der Waals surface area contributed by atoms with Crippen molar-refractivity contribution in [3.63, 3.8) is 0 Å². The van der Waals surface area contributed by atoms with Crippen molar-refractivity contribution in [2.24, 2.45) is 7.05 Å². The van der Waals surface area contributed by atoms with E-state index < -0.39 is 0 Å². The molecular formula is C11H13N3. The molecule has 0 saturated carbocycles. The monoisotopic (exact) mass is 187 g/mol. The van der Waals surface area contributed by atoms with Crippen LogP contribution in [0.2, 0.25) is 0 Å². The second-order valence-corrected chi connectivity index (χ2v) is 3.35. The van der Waals surface area contributed by atoms with Gasteiger partial charge >= 0.3 is 0 Å². The zero-order valence-corrected chi connectivity index (χ0v) is 8.65. The van der Waals surface area contributed by atoms with E-state index in [-0.39, 0.29) is 0 Å². The molecule has 1 aromatic carbocycles. The first kappa shape index (κ1) is 8.94. The van der Waals surface area contributed by atoms with Crippen LogP contribution >= 0.6 is 0 Å². The summed E-state index contributed by atoms with van der Waals surface area (Å²) in [6, 6.07) is 4.08. The summed E-state index contributed by atoms with van der Waals surface area (Å²) in [4.78, 5) is 1.61. The lowest BCUT2D eigenvalue weighted by molar-refractivity contribution is 0.665. The van der Waals surface area contributed by atoms with E-state index in [1.165, 1.54) is 5.56 Å². The topological polar surface area (TPSA) is 30.7 Å². The third kappa shape index (κ3) is 1.31. The quantitative estimate of drug-likeness (QED) is 0.686. The van der Waals surface area contributed by atoms with E-state index in [0.717, 1.165) is 16.6 Å². The lowest BCUT2D eigenvalue weighted by atomic mass is 10.1. The van der Waals surface area contributed by atoms with Gasteiger partial charge in [0, 0.05) is 12.6 Å². The lowest BCUT2D eigenvalue weighted by Crippen LogP contribution is -1.91. The number of benzene rings is 1. The Kier molecular flexibility index (Phi) is 2.08. The summed E-state index contributed by atoms with van der Waals surface area (Å²) in [5.41, 5.74) is 4.32. The maximum absolute atomic E-state index is 4.35. The van der Waals surface area contributed by atoms with Gasteiger partial charge in [-0.1, -0.05) is 18.2 Å². The third-order valence-electron chi connectivity index (χ3n) is 2.24. The van der Waals surface area contributed by atoms with Crippen LogP contribution in [0.15, 0.2) is 18.2 Å². The van der Waals surface area contributed by atoms with Gasteiger partial charge in [0.25, 0.3) is 0 Å². The predicted octanol–water partition coefficient (Wildman–Crippen LogP) is 2.31. The molecular weight excluding hydrogens is 174 g/mol. The Morgan fingerprint density at radius 3 is 2.79 bits per heavy atom. The van der Waals surface area contributed by atoms with Crippen LogP contribution in [0.4, 0.5) is 0 Å². The molecule has 0 aliphatic rings. The number of hydrogen-bond donors (Lipinski definition) is 0. The maximum atomic E-state index is 4.35. The summed E-state index contributed by atoms with van der Waals surface area (Å²) < 4.78 is 0. The Bertz CT molecular complexity index is 494. The van der Waals surface area contributed by atoms with Crippen LogP contribution in [-0.2, 0) is 7.05 Å². The summed E-state index contributed by atoms with van der Waals surface area (Å²) in [5, 5.41) is 8.62. The number of aryl methyl sites for hydroxylation is 2. The average Bonchev–Trinajstić information content (AvgIpc) is 2.51. The molecule has 0 radical (unpaired) electrons. The highest BCUT2D eigenvalue weighted by Crippen LogP contribution is 2.19. The van der Waals surface area contributed by atoms with Crippen molar-refractivity contribution >= 4 is 17.1 Å². The summed E-state index contributed by atoms with van der Waals surface area (Å²) in [6.07, 6.45) is 4.10. The molecule has 0 aliphatic carbocycles. The second-order valence-electron chi connectivity index (χ2n) is 3.35. The molecule has 0 amide bonds. The van der Waals surface area contributed by atoms with E-state index >= 15 is 0 Å². The molecule has 0 N–H and O–H groups in total. The highest BCUT2D eigenvalue weighted by Gasteiger charge is 2.06. The normalized spacial score (nSPS) is 11.6. The smallest absolute Gasteiger partial charge is 0.120 e. The van der Waals surface area contributed by atoms with Crippen LogP contribution in [0.3, 0.4) is 0 Å². The number of aromatic nitrogens is 3. The minimum Gasteiger partial charge on any atom is -0.187 e. The first-order valence-electron chi connectivity index (χ1n) is 4.65. The number of rotatable bonds is 1. The molecule has 72 valence electrons. The van der Waals surface area contributed by atoms with Gasteiger partial charge in [0.15, 0.2) is 0 Å². The number of allylic oxidation sites excluding steroid dienone is 1. The van der Waals surface area contributed by atoms with E-state index in [4.69, 9.17) is 0 Å². The maximum Gasteiger partial charge on any atom is 0.120 e. The molecule has 14 heavy (non-hydrogen) atoms. The van der Waals surface area contributed by atoms with Crippen LogP contribution in [0, 0.1) is 6.92 Å². The largest absolute Gasteiger partial charge is 0.187 e. The van der Waals surface area contributed by atoms with E-state index in [9.17, 15) is 0 Å². The fraction of sp³-hybridized carbons (Fsp3) is 0.273. The van der Waals surface area contributed by atoms with Gasteiger partial charge in [0.05, 0.1) is 0 Å². The van der Waals surface area contributed by atoms with Gasteiger partial charge in [-0.3, -0.25) is 0 Å². The van der Waals surface area contributed by atoms with Crippen molar-refractivity contribution in [3.05, 3.63) is 29.3 Å². The van der Waals surface area contributed by atoms with Crippen LogP contribution in [0.25, 0.3) is 17.1 Å². The van der Waals surface area contributed by atoms with Gasteiger partial charge < -0.3 is 0 Å². The predicted molar refractivity (Wildman–Crippen MR) is 58.0 cm³/mol. The van der Waals surface area contributed by atoms with Gasteiger partial charge in [-0.25, -0.2) is 0 Å². The van der Waals surface area contributed by atoms with Crippen molar-refractivity contribution in [1.29, 1.82) is 0 Å². The molecule has 0 spiro atoms. The first-order valence-corrected chi connectivity index (χ1v) is 4.65. The van der Waals surface area contributed by atoms with E-state index in [1.807, 2.05) is 26.1 Å². The van der Waals surface area contributed by atoms with Gasteiger partial charge in [0.1, 0.15) is 11.0 Å². The van der Waals surface area contributed by atoms with Crippen LogP contribution < -0.4 is 0 Å². The van der Waals surface area contributed by atoms with Gasteiger partial charge in [-0.2, -0.15) is 15.0 Å². The third-order valence-corrected chi connectivity index (χ3v) is 2.24.